The minimum atomic E-state index is -1.00. The third kappa shape index (κ3) is 9.34. The van der Waals surface area contributed by atoms with Gasteiger partial charge in [0.2, 0.25) is 0 Å². The van der Waals surface area contributed by atoms with Crippen molar-refractivity contribution in [2.45, 2.75) is 40.0 Å². The summed E-state index contributed by atoms with van der Waals surface area (Å²) in [7, 11) is 0. The van der Waals surface area contributed by atoms with Crippen LogP contribution in [-0.2, 0) is 14.3 Å². The molecule has 1 aromatic carbocycles. The molecule has 0 atom stereocenters. The molecule has 0 aliphatic heterocycles. The molecule has 0 heterocycles. The minimum Gasteiger partial charge on any atom is -0.481 e. The van der Waals surface area contributed by atoms with Crippen LogP contribution in [0.15, 0.2) is 18.2 Å². The van der Waals surface area contributed by atoms with Crippen molar-refractivity contribution in [1.29, 1.82) is 0 Å². The molecule has 8 heteroatoms. The van der Waals surface area contributed by atoms with Crippen molar-refractivity contribution in [2.24, 2.45) is 5.92 Å². The maximum absolute atomic E-state index is 12.4. The van der Waals surface area contributed by atoms with E-state index in [1.54, 1.807) is 26.0 Å². The van der Waals surface area contributed by atoms with Crippen molar-refractivity contribution in [3.05, 3.63) is 29.3 Å². The van der Waals surface area contributed by atoms with Crippen LogP contribution in [0.1, 0.15) is 60.7 Å². The largest absolute Gasteiger partial charge is 0.481 e. The van der Waals surface area contributed by atoms with Gasteiger partial charge < -0.3 is 20.5 Å². The molecule has 0 spiro atoms. The molecule has 0 saturated heterocycles. The minimum absolute atomic E-state index is 0.00357. The Morgan fingerprint density at radius 1 is 1.00 bits per heavy atom. The number of amides is 1. The molecule has 29 heavy (non-hydrogen) atoms. The number of hydrogen-bond donors (Lipinski definition) is 3. The van der Waals surface area contributed by atoms with E-state index in [4.69, 9.17) is 9.84 Å². The first kappa shape index (κ1) is 24.3. The van der Waals surface area contributed by atoms with Gasteiger partial charge in [0.1, 0.15) is 5.78 Å². The van der Waals surface area contributed by atoms with Crippen LogP contribution in [0.4, 0.5) is 5.69 Å². The highest BCUT2D eigenvalue weighted by atomic mass is 16.5. The fourth-order valence-corrected chi connectivity index (χ4v) is 2.45. The number of carbonyl (C=O) groups excluding carboxylic acids is 3. The highest BCUT2D eigenvalue weighted by Gasteiger charge is 2.15. The first-order valence-electron chi connectivity index (χ1n) is 9.77. The van der Waals surface area contributed by atoms with Gasteiger partial charge in [-0.3, -0.25) is 19.2 Å². The second kappa shape index (κ2) is 12.7. The third-order valence-electron chi connectivity index (χ3n) is 4.12. The van der Waals surface area contributed by atoms with E-state index < -0.39 is 11.9 Å². The second-order valence-corrected chi connectivity index (χ2v) is 6.90. The summed E-state index contributed by atoms with van der Waals surface area (Å²) in [5.41, 5.74) is 1.27. The molecular formula is C21H30N2O6. The lowest BCUT2D eigenvalue weighted by Gasteiger charge is -2.13. The Morgan fingerprint density at radius 2 is 1.69 bits per heavy atom. The Hall–Kier alpha value is -2.74. The van der Waals surface area contributed by atoms with Crippen molar-refractivity contribution in [3.63, 3.8) is 0 Å². The maximum Gasteiger partial charge on any atom is 0.305 e. The zero-order valence-electron chi connectivity index (χ0n) is 17.2. The second-order valence-electron chi connectivity index (χ2n) is 6.90. The summed E-state index contributed by atoms with van der Waals surface area (Å²) >= 11 is 0. The van der Waals surface area contributed by atoms with Gasteiger partial charge in [-0.05, 0) is 18.2 Å². The van der Waals surface area contributed by atoms with E-state index in [0.717, 1.165) is 0 Å². The van der Waals surface area contributed by atoms with Gasteiger partial charge >= 0.3 is 5.97 Å². The summed E-state index contributed by atoms with van der Waals surface area (Å²) in [6, 6.07) is 4.79. The molecule has 1 amide bonds. The Bertz CT molecular complexity index is 730. The summed E-state index contributed by atoms with van der Waals surface area (Å²) in [6.45, 7) is 6.55. The van der Waals surface area contributed by atoms with Gasteiger partial charge in [0.15, 0.2) is 5.78 Å². The molecule has 0 aliphatic carbocycles. The van der Waals surface area contributed by atoms with Crippen LogP contribution in [0.3, 0.4) is 0 Å². The van der Waals surface area contributed by atoms with Crippen molar-refractivity contribution in [1.82, 2.24) is 5.32 Å². The van der Waals surface area contributed by atoms with E-state index in [2.05, 4.69) is 10.6 Å². The number of nitrogens with one attached hydrogen (secondary N) is 2. The Kier molecular flexibility index (Phi) is 10.6. The molecule has 0 fully saturated rings. The highest BCUT2D eigenvalue weighted by Crippen LogP contribution is 2.18. The number of rotatable bonds is 14. The first-order valence-corrected chi connectivity index (χ1v) is 9.77. The molecule has 160 valence electrons. The third-order valence-corrected chi connectivity index (χ3v) is 4.12. The number of carboxylic acids is 1. The standard InChI is InChI=1S/C21H30N2O6/c1-4-18(24)6-9-29-10-8-22-17-12-15(20(27)14(2)3)11-16(13-17)21(28)23-7-5-19(25)26/h11-14,22H,4-10H2,1-3H3,(H,23,28)(H,25,26). The highest BCUT2D eigenvalue weighted by molar-refractivity contribution is 6.02. The van der Waals surface area contributed by atoms with Gasteiger partial charge in [-0.2, -0.15) is 0 Å². The molecule has 0 radical (unpaired) electrons. The van der Waals surface area contributed by atoms with Gasteiger partial charge in [0, 0.05) is 48.7 Å². The molecule has 1 aromatic rings. The smallest absolute Gasteiger partial charge is 0.305 e. The van der Waals surface area contributed by atoms with Crippen molar-refractivity contribution < 1.29 is 29.0 Å². The van der Waals surface area contributed by atoms with E-state index >= 15 is 0 Å². The van der Waals surface area contributed by atoms with Gasteiger partial charge in [0.25, 0.3) is 5.91 Å². The van der Waals surface area contributed by atoms with Crippen LogP contribution < -0.4 is 10.6 Å². The monoisotopic (exact) mass is 406 g/mol. The number of ether oxygens (including phenoxy) is 1. The summed E-state index contributed by atoms with van der Waals surface area (Å²) < 4.78 is 5.41. The van der Waals surface area contributed by atoms with E-state index in [9.17, 15) is 19.2 Å². The lowest BCUT2D eigenvalue weighted by atomic mass is 9.98. The molecule has 1 rings (SSSR count). The summed E-state index contributed by atoms with van der Waals surface area (Å²) in [5.74, 6) is -1.62. The lowest BCUT2D eigenvalue weighted by Crippen LogP contribution is -2.26. The zero-order chi connectivity index (χ0) is 21.8. The van der Waals surface area contributed by atoms with E-state index in [0.29, 0.717) is 43.9 Å². The lowest BCUT2D eigenvalue weighted by molar-refractivity contribution is -0.136. The number of carbonyl (C=O) groups is 4. The number of Topliss-reactive ketones (excluding diaryl/α,β-unsaturated/α-hetero) is 2. The van der Waals surface area contributed by atoms with Crippen LogP contribution in [0, 0.1) is 5.92 Å². The quantitative estimate of drug-likeness (QED) is 0.320. The van der Waals surface area contributed by atoms with Gasteiger partial charge in [-0.15, -0.1) is 0 Å². The first-order chi connectivity index (χ1) is 13.7. The van der Waals surface area contributed by atoms with Crippen LogP contribution in [0.2, 0.25) is 0 Å². The van der Waals surface area contributed by atoms with Crippen LogP contribution in [0.25, 0.3) is 0 Å². The molecule has 0 saturated carbocycles. The number of ketones is 2. The Balaban J connectivity index is 2.75. The van der Waals surface area contributed by atoms with Gasteiger partial charge in [-0.1, -0.05) is 20.8 Å². The van der Waals surface area contributed by atoms with E-state index in [1.807, 2.05) is 6.92 Å². The number of hydrogen-bond acceptors (Lipinski definition) is 6. The predicted octanol–water partition coefficient (Wildman–Crippen LogP) is 2.53. The fraction of sp³-hybridized carbons (Fsp3) is 0.524. The maximum atomic E-state index is 12.4. The summed E-state index contributed by atoms with van der Waals surface area (Å²) in [4.78, 5) is 46.6. The van der Waals surface area contributed by atoms with Crippen LogP contribution in [0.5, 0.6) is 0 Å². The average Bonchev–Trinajstić information content (AvgIpc) is 2.68. The SMILES string of the molecule is CCC(=O)CCOCCNc1cc(C(=O)NCCC(=O)O)cc(C(=O)C(C)C)c1. The Labute approximate surface area is 171 Å². The van der Waals surface area contributed by atoms with Gasteiger partial charge in [0.05, 0.1) is 19.6 Å². The van der Waals surface area contributed by atoms with E-state index in [-0.39, 0.29) is 36.0 Å². The number of anilines is 1. The predicted molar refractivity (Wildman–Crippen MR) is 109 cm³/mol. The van der Waals surface area contributed by atoms with Crippen molar-refractivity contribution in [2.75, 3.05) is 31.6 Å². The number of benzene rings is 1. The van der Waals surface area contributed by atoms with Crippen LogP contribution in [-0.4, -0.2) is 54.9 Å². The fourth-order valence-electron chi connectivity index (χ4n) is 2.45. The topological polar surface area (TPSA) is 122 Å². The van der Waals surface area contributed by atoms with Crippen molar-refractivity contribution >= 4 is 29.1 Å². The molecule has 8 nitrogen and oxygen atoms in total. The molecule has 0 aromatic heterocycles. The normalized spacial score (nSPS) is 10.6. The van der Waals surface area contributed by atoms with E-state index in [1.165, 1.54) is 6.07 Å². The number of aliphatic carboxylic acids is 1. The van der Waals surface area contributed by atoms with Crippen molar-refractivity contribution in [3.8, 4) is 0 Å². The zero-order valence-corrected chi connectivity index (χ0v) is 17.2. The summed E-state index contributed by atoms with van der Waals surface area (Å²) in [6.07, 6.45) is 0.699. The average molecular weight is 406 g/mol. The number of carboxylic acid groups (broad SMARTS) is 1. The molecule has 0 unspecified atom stereocenters. The van der Waals surface area contributed by atoms with Crippen LogP contribution >= 0.6 is 0 Å². The Morgan fingerprint density at radius 3 is 2.31 bits per heavy atom. The molecule has 3 N–H and O–H groups in total. The van der Waals surface area contributed by atoms with Gasteiger partial charge in [-0.25, -0.2) is 0 Å². The summed E-state index contributed by atoms with van der Waals surface area (Å²) in [5, 5.41) is 14.3. The molecule has 0 aliphatic rings. The molecular weight excluding hydrogens is 376 g/mol. The molecule has 0 bridgehead atoms.